The summed E-state index contributed by atoms with van der Waals surface area (Å²) >= 11 is 20.7. The Morgan fingerprint density at radius 2 is 0.897 bits per heavy atom. The first-order chi connectivity index (χ1) is 69.0. The van der Waals surface area contributed by atoms with Crippen molar-refractivity contribution in [2.45, 2.75) is 165 Å². The molecule has 796 valence electrons. The summed E-state index contributed by atoms with van der Waals surface area (Å²) in [6.07, 6.45) is -0.369. The van der Waals surface area contributed by atoms with Crippen LogP contribution >= 0.6 is 77.7 Å². The smallest absolute Gasteiger partial charge is 0.419 e. The second kappa shape index (κ2) is 75.2. The Bertz CT molecular complexity index is 5380. The number of nitrogens with two attached hydrogens (primary N) is 7. The van der Waals surface area contributed by atoms with E-state index in [-0.39, 0.29) is 76.2 Å². The number of H-pyrrole nitrogens is 1. The number of aromatic hydroxyl groups is 2. The third-order valence-corrected chi connectivity index (χ3v) is 21.1. The summed E-state index contributed by atoms with van der Waals surface area (Å²) in [4.78, 5) is 35.1. The van der Waals surface area contributed by atoms with Crippen LogP contribution in [0.1, 0.15) is 161 Å². The Morgan fingerprint density at radius 3 is 1.34 bits per heavy atom. The van der Waals surface area contributed by atoms with Crippen molar-refractivity contribution in [2.75, 3.05) is 91.5 Å². The van der Waals surface area contributed by atoms with Crippen molar-refractivity contribution >= 4 is 124 Å². The van der Waals surface area contributed by atoms with Crippen LogP contribution in [0.4, 0.5) is 54.2 Å². The predicted octanol–water partition coefficient (Wildman–Crippen LogP) is 21.9. The number of aryl methyl sites for hydroxylation is 1. The Morgan fingerprint density at radius 1 is 0.469 bits per heavy atom. The van der Waals surface area contributed by atoms with Crippen LogP contribution in [0.25, 0.3) is 0 Å². The number of aliphatic hydroxyl groups is 2. The number of hydrogen-bond donors (Lipinski definition) is 14. The van der Waals surface area contributed by atoms with Crippen molar-refractivity contribution in [3.05, 3.63) is 289 Å². The zero-order valence-electron chi connectivity index (χ0n) is 82.3. The second-order valence-electron chi connectivity index (χ2n) is 31.2. The molecule has 0 amide bonds. The number of alkyl halides is 9. The van der Waals surface area contributed by atoms with Gasteiger partial charge >= 0.3 is 6.18 Å². The molecule has 0 aliphatic carbocycles. The fourth-order valence-electron chi connectivity index (χ4n) is 11.1. The SMILES string of the molecule is CC(N)=NCC(O)c1ccc(COCC[18F])cc1.CC(N)=NCc1ccc(CCC[18F])c(Cl)c1.CC(N)=NCc1ccc(OCCC[18F])c(Br)c1.CC(N)=NCc1ccc(OCC[18F])c(Br)c1.CC(N)=NCc1ccc(OCC[18F])c(Cl)c1.CC(N)=NCc1ccc(OCC[18F])cc1.CC(N)=NCc1ccc([18F])c(I)c1.CCCNC(C)C(O)c1ccc(O)c(O)c1.FC(F)(F)c1cc(CNc2ncc[nH]2)ccc1[18F]. The fraction of sp³-hybridized carbons (Fsp3) is 0.373. The van der Waals surface area contributed by atoms with E-state index in [0.717, 1.165) is 89.9 Å². The number of aliphatic hydroxyl groups excluding tert-OH is 2. The van der Waals surface area contributed by atoms with Crippen molar-refractivity contribution in [1.29, 1.82) is 0 Å². The number of phenolic OH excluding ortho intramolecular Hbond substituents is 2. The van der Waals surface area contributed by atoms with Crippen LogP contribution in [0.5, 0.6) is 34.5 Å². The molecule has 43 heteroatoms. The highest BCUT2D eigenvalue weighted by Gasteiger charge is 2.34. The average molecular weight is 2310 g/mol. The first kappa shape index (κ1) is 129. The number of halogens is 16. The van der Waals surface area contributed by atoms with Crippen LogP contribution in [0, 0.1) is 15.2 Å². The minimum absolute atomic E-state index is 0.0130. The Hall–Kier alpha value is -11.6. The van der Waals surface area contributed by atoms with Gasteiger partial charge in [0.2, 0.25) is 0 Å². The number of aromatic nitrogens is 2. The predicted molar refractivity (Wildman–Crippen MR) is 577 cm³/mol. The summed E-state index contributed by atoms with van der Waals surface area (Å²) in [7, 11) is 0. The highest BCUT2D eigenvalue weighted by Crippen LogP contribution is 2.34. The molecule has 3 atom stereocenters. The van der Waals surface area contributed by atoms with Gasteiger partial charge in [-0.05, 0) is 288 Å². The highest BCUT2D eigenvalue weighted by molar-refractivity contribution is 14.1. The monoisotopic (exact) mass is 2310 g/mol. The van der Waals surface area contributed by atoms with Gasteiger partial charge in [-0.2, -0.15) is 13.2 Å². The molecule has 0 aliphatic heterocycles. The van der Waals surface area contributed by atoms with Crippen molar-refractivity contribution in [1.82, 2.24) is 15.3 Å². The number of ether oxygens (including phenoxy) is 5. The third kappa shape index (κ3) is 59.6. The number of phenols is 2. The molecule has 0 aliphatic rings. The molecule has 0 spiro atoms. The van der Waals surface area contributed by atoms with Gasteiger partial charge < -0.3 is 99.9 Å². The van der Waals surface area contributed by atoms with Gasteiger partial charge in [-0.25, -0.2) is 31.3 Å². The Kier molecular flexibility index (Phi) is 67.1. The van der Waals surface area contributed by atoms with Gasteiger partial charge in [0.05, 0.1) is 152 Å². The lowest BCUT2D eigenvalue weighted by Crippen LogP contribution is -2.32. The number of aromatic amines is 1. The van der Waals surface area contributed by atoms with E-state index in [1.807, 2.05) is 108 Å². The Labute approximate surface area is 881 Å². The van der Waals surface area contributed by atoms with Crippen LogP contribution in [0.15, 0.2) is 232 Å². The molecule has 0 fully saturated rings. The molecule has 0 saturated carbocycles. The van der Waals surface area contributed by atoms with E-state index in [0.29, 0.717) is 161 Å². The van der Waals surface area contributed by atoms with E-state index >= 15 is 0 Å². The number of imidazole rings is 1. The standard InChI is InChI=1S/C13H19FN2O2.C12H16BrFN2O.C12H16ClFN2.C12H19NO3.C11H14BrFN2O.C11H14ClFN2O.C11H9F4N3.C11H15FN2O.C9H10FIN2/c1-10(15)16-8-13(17)12-4-2-11(3-5-12)9-18-7-6-14;1-9(15)16-8-10-3-4-12(11(13)7-10)17-6-2-5-14;1-9(15)16-8-10-4-5-11(3-2-6-14)12(13)7-10;1-3-6-13-8(2)12(16)9-4-5-10(14)11(15)7-9;2*1-8(14)15-7-9-2-3-11(10(12)6-9)16-5-4-13;12-9-2-1-7(5-8(9)11(13,14)15)6-18-10-16-3-4-17-10;1-9(13)14-8-10-2-4-11(5-3-10)15-7-6-12;1-6(12)13-5-7-2-3-8(10)9(11)4-7/h2-5,13,17H,6-9H2,1H3,(H2,15,16);3-4,7H,2,5-6,8H2,1H3,(H2,15,16);4-5,7H,2-3,6,8H2,1H3,(H2,15,16);4-5,7-8,12-16H,3,6H2,1-2H3;2*2-3,6H,4-5,7H2,1H3,(H2,14,15);1-5H,6H2,(H2,16,17,18);2-5H,6-8H2,1H3,(H2,13,14);2-4H,5H2,1H3,(H2,12,13)/i3*14-1;;2*13-1;2*12-1;10-1. The molecule has 9 aromatic carbocycles. The number of benzene rings is 9. The maximum absolute atomic E-state index is 13.0. The van der Waals surface area contributed by atoms with Crippen molar-refractivity contribution in [3.63, 3.8) is 0 Å². The van der Waals surface area contributed by atoms with E-state index in [1.165, 1.54) is 30.5 Å². The molecular weight excluding hydrogens is 2180 g/mol. The molecule has 145 heavy (non-hydrogen) atoms. The van der Waals surface area contributed by atoms with E-state index in [1.54, 1.807) is 115 Å². The quantitative estimate of drug-likeness (QED) is 0.00421. The second-order valence-corrected chi connectivity index (χ2v) is 34.9. The van der Waals surface area contributed by atoms with Crippen LogP contribution < -0.4 is 69.7 Å². The maximum Gasteiger partial charge on any atom is 0.419 e. The first-order valence-corrected chi connectivity index (χ1v) is 48.7. The zero-order valence-corrected chi connectivity index (χ0v) is 89.1. The molecular formula is C102H132Br2Cl2F11IN18O9. The summed E-state index contributed by atoms with van der Waals surface area (Å²) in [6.45, 7) is 18.8. The van der Waals surface area contributed by atoms with Gasteiger partial charge in [0, 0.05) is 40.0 Å². The van der Waals surface area contributed by atoms with Crippen LogP contribution in [-0.2, 0) is 69.8 Å². The summed E-state index contributed by atoms with van der Waals surface area (Å²) < 4.78 is 163. The zero-order chi connectivity index (χ0) is 108. The van der Waals surface area contributed by atoms with Crippen LogP contribution in [0.3, 0.4) is 0 Å². The minimum atomic E-state index is -4.69. The Balaban J connectivity index is 0.000000552. The summed E-state index contributed by atoms with van der Waals surface area (Å²) in [5, 5.41) is 45.4. The molecule has 10 aromatic rings. The lowest BCUT2D eigenvalue weighted by atomic mass is 10.0. The molecule has 1 heterocycles. The topological polar surface area (TPSA) is 448 Å². The van der Waals surface area contributed by atoms with Gasteiger partial charge in [0.1, 0.15) is 81.2 Å². The number of anilines is 1. The van der Waals surface area contributed by atoms with Gasteiger partial charge in [0.15, 0.2) is 17.4 Å². The average Bonchev–Trinajstić information content (AvgIpc) is 1.32. The van der Waals surface area contributed by atoms with Crippen LogP contribution in [0.2, 0.25) is 10.0 Å². The highest BCUT2D eigenvalue weighted by atomic mass is 127. The van der Waals surface area contributed by atoms with Crippen LogP contribution in [-0.4, -0.2) is 163 Å². The number of nitrogens with one attached hydrogen (secondary N) is 3. The lowest BCUT2D eigenvalue weighted by molar-refractivity contribution is -0.140. The fourth-order valence-corrected chi connectivity index (χ4v) is 13.3. The summed E-state index contributed by atoms with van der Waals surface area (Å²) in [5.41, 5.74) is 46.4. The van der Waals surface area contributed by atoms with Crippen molar-refractivity contribution < 1.29 is 92.4 Å². The molecule has 10 rings (SSSR count). The van der Waals surface area contributed by atoms with Crippen molar-refractivity contribution in [3.8, 4) is 34.5 Å². The summed E-state index contributed by atoms with van der Waals surface area (Å²) in [6, 6.07) is 49.0. The molecule has 0 radical (unpaired) electrons. The minimum Gasteiger partial charge on any atom is -0.504 e. The molecule has 0 saturated heterocycles. The molecule has 21 N–H and O–H groups in total. The van der Waals surface area contributed by atoms with Crippen molar-refractivity contribution in [2.24, 2.45) is 75.1 Å². The maximum atomic E-state index is 13.0. The molecule has 27 nitrogen and oxygen atoms in total. The van der Waals surface area contributed by atoms with Gasteiger partial charge in [0.25, 0.3) is 0 Å². The molecule has 1 aromatic heterocycles. The van der Waals surface area contributed by atoms with Gasteiger partial charge in [-0.1, -0.05) is 115 Å². The van der Waals surface area contributed by atoms with E-state index < -0.39 is 56.5 Å². The van der Waals surface area contributed by atoms with E-state index in [9.17, 15) is 63.6 Å². The van der Waals surface area contributed by atoms with Gasteiger partial charge in [-0.15, -0.1) is 0 Å². The van der Waals surface area contributed by atoms with E-state index in [4.69, 9.17) is 92.1 Å². The number of amidine groups is 7. The summed E-state index contributed by atoms with van der Waals surface area (Å²) in [5.74, 6) is 4.83. The number of aliphatic imine (C=N–C) groups is 7. The largest absolute Gasteiger partial charge is 0.504 e. The number of hydrogen-bond acceptors (Lipinski definition) is 19. The number of nitrogens with zero attached hydrogens (tertiary/aromatic N) is 8. The first-order valence-electron chi connectivity index (χ1n) is 45.2. The number of rotatable bonds is 43. The van der Waals surface area contributed by atoms with E-state index in [2.05, 4.69) is 94.3 Å². The normalized spacial score (nSPS) is 12.2. The third-order valence-electron chi connectivity index (χ3n) is 18.4. The lowest BCUT2D eigenvalue weighted by Gasteiger charge is -2.20. The van der Waals surface area contributed by atoms with Gasteiger partial charge in [-0.3, -0.25) is 43.7 Å². The molecule has 0 bridgehead atoms. The molecule has 3 unspecified atom stereocenters.